The number of rotatable bonds is 11. The molecule has 0 saturated heterocycles. The molecule has 0 unspecified atom stereocenters. The first-order chi connectivity index (χ1) is 18.5. The van der Waals surface area contributed by atoms with Crippen molar-refractivity contribution in [1.29, 1.82) is 0 Å². The van der Waals surface area contributed by atoms with Crippen molar-refractivity contribution in [2.24, 2.45) is 0 Å². The summed E-state index contributed by atoms with van der Waals surface area (Å²) in [6.45, 7) is 5.55. The second-order valence-corrected chi connectivity index (χ2v) is 10.1. The third-order valence-corrected chi connectivity index (χ3v) is 7.00. The molecule has 0 fully saturated rings. The first-order valence-corrected chi connectivity index (χ1v) is 13.3. The van der Waals surface area contributed by atoms with E-state index < -0.39 is 5.82 Å². The molecule has 0 amide bonds. The molecule has 1 aromatic carbocycles. The Morgan fingerprint density at radius 3 is 2.76 bits per heavy atom. The minimum atomic E-state index is -0.539. The van der Waals surface area contributed by atoms with Crippen LogP contribution in [-0.2, 0) is 24.2 Å². The fourth-order valence-electron chi connectivity index (χ4n) is 4.08. The second-order valence-electron chi connectivity index (χ2n) is 9.01. The van der Waals surface area contributed by atoms with Crippen molar-refractivity contribution in [3.05, 3.63) is 89.3 Å². The van der Waals surface area contributed by atoms with Gasteiger partial charge in [0, 0.05) is 31.3 Å². The summed E-state index contributed by atoms with van der Waals surface area (Å²) < 4.78 is 26.7. The summed E-state index contributed by atoms with van der Waals surface area (Å²) in [4.78, 5) is 22.6. The number of benzene rings is 1. The molecule has 0 aliphatic rings. The largest absolute Gasteiger partial charge is 0.453 e. The third-order valence-electron chi connectivity index (χ3n) is 5.84. The highest BCUT2D eigenvalue weighted by Crippen LogP contribution is 2.39. The van der Waals surface area contributed by atoms with Gasteiger partial charge >= 0.3 is 0 Å². The summed E-state index contributed by atoms with van der Waals surface area (Å²) >= 11 is 1.50. The molecule has 38 heavy (non-hydrogen) atoms. The highest BCUT2D eigenvalue weighted by Gasteiger charge is 2.15. The number of ketones is 1. The van der Waals surface area contributed by atoms with Gasteiger partial charge in [-0.15, -0.1) is 11.3 Å². The molecule has 5 aromatic rings. The Kier molecular flexibility index (Phi) is 7.86. The van der Waals surface area contributed by atoms with E-state index in [1.165, 1.54) is 17.4 Å². The molecule has 4 aromatic heterocycles. The second kappa shape index (κ2) is 11.6. The first kappa shape index (κ1) is 25.7. The molecular formula is C29H27FN4O3S. The van der Waals surface area contributed by atoms with Gasteiger partial charge in [-0.2, -0.15) is 0 Å². The molecule has 0 aliphatic heterocycles. The van der Waals surface area contributed by atoms with Crippen LogP contribution < -0.4 is 10.1 Å². The fraction of sp³-hybridized carbons (Fsp3) is 0.241. The highest BCUT2D eigenvalue weighted by molar-refractivity contribution is 7.22. The normalized spacial score (nSPS) is 11.2. The van der Waals surface area contributed by atoms with Gasteiger partial charge in [0.1, 0.15) is 17.3 Å². The van der Waals surface area contributed by atoms with Gasteiger partial charge in [0.05, 0.1) is 38.6 Å². The Hall–Kier alpha value is -3.95. The molecule has 4 heterocycles. The molecule has 0 spiro atoms. The van der Waals surface area contributed by atoms with Crippen molar-refractivity contribution in [1.82, 2.24) is 20.4 Å². The van der Waals surface area contributed by atoms with Crippen molar-refractivity contribution >= 4 is 27.3 Å². The number of nitrogens with zero attached hydrogens (tertiary/aromatic N) is 3. The van der Waals surface area contributed by atoms with Crippen molar-refractivity contribution in [2.75, 3.05) is 6.54 Å². The van der Waals surface area contributed by atoms with E-state index in [1.807, 2.05) is 24.3 Å². The van der Waals surface area contributed by atoms with Gasteiger partial charge in [-0.3, -0.25) is 14.8 Å². The Morgan fingerprint density at radius 1 is 1.08 bits per heavy atom. The van der Waals surface area contributed by atoms with Gasteiger partial charge in [-0.05, 0) is 55.8 Å². The van der Waals surface area contributed by atoms with E-state index in [2.05, 4.69) is 22.4 Å². The minimum absolute atomic E-state index is 0.0767. The van der Waals surface area contributed by atoms with Gasteiger partial charge in [0.2, 0.25) is 0 Å². The van der Waals surface area contributed by atoms with Crippen LogP contribution in [0.2, 0.25) is 0 Å². The van der Waals surface area contributed by atoms with E-state index in [-0.39, 0.29) is 24.4 Å². The van der Waals surface area contributed by atoms with Crippen LogP contribution in [0.15, 0.2) is 65.3 Å². The van der Waals surface area contributed by atoms with E-state index in [9.17, 15) is 9.18 Å². The molecule has 0 atom stereocenters. The lowest BCUT2D eigenvalue weighted by Gasteiger charge is -2.09. The molecule has 9 heteroatoms. The summed E-state index contributed by atoms with van der Waals surface area (Å²) in [5, 5.41) is 7.21. The molecule has 194 valence electrons. The Bertz CT molecular complexity index is 1580. The molecular weight excluding hydrogens is 503 g/mol. The molecule has 7 nitrogen and oxygen atoms in total. The highest BCUT2D eigenvalue weighted by atomic mass is 32.1. The van der Waals surface area contributed by atoms with E-state index in [4.69, 9.17) is 14.2 Å². The number of fused-ring (bicyclic) bond motifs is 1. The van der Waals surface area contributed by atoms with Crippen molar-refractivity contribution < 1.29 is 18.4 Å². The van der Waals surface area contributed by atoms with E-state index in [0.29, 0.717) is 29.3 Å². The maximum Gasteiger partial charge on any atom is 0.166 e. The summed E-state index contributed by atoms with van der Waals surface area (Å²) in [6.07, 6.45) is 2.94. The quantitative estimate of drug-likeness (QED) is 0.197. The average molecular weight is 531 g/mol. The zero-order valence-corrected chi connectivity index (χ0v) is 22.0. The Balaban J connectivity index is 1.31. The molecule has 1 N–H and O–H groups in total. The predicted molar refractivity (Wildman–Crippen MR) is 145 cm³/mol. The summed E-state index contributed by atoms with van der Waals surface area (Å²) in [5.41, 5.74) is 3.72. The molecule has 0 aliphatic carbocycles. The lowest BCUT2D eigenvalue weighted by Crippen LogP contribution is -2.14. The maximum absolute atomic E-state index is 15.0. The standard InChI is InChI=1S/C29H27FN4O3S/c1-3-10-31-17-20-5-4-6-24(33-20)28-16-25-29(38-28)27(9-11-32-25)36-26-8-7-19(14-23(26)30)13-22(35)15-21-12-18(2)37-34-21/h4-9,11-12,14,16,31H,3,10,13,15,17H2,1-2H3. The van der Waals surface area contributed by atoms with Crippen molar-refractivity contribution in [2.45, 2.75) is 39.7 Å². The maximum atomic E-state index is 15.0. The van der Waals surface area contributed by atoms with Gasteiger partial charge in [0.15, 0.2) is 11.6 Å². The van der Waals surface area contributed by atoms with Gasteiger partial charge in [-0.1, -0.05) is 24.2 Å². The lowest BCUT2D eigenvalue weighted by molar-refractivity contribution is -0.117. The number of aromatic nitrogens is 3. The van der Waals surface area contributed by atoms with Crippen LogP contribution >= 0.6 is 11.3 Å². The van der Waals surface area contributed by atoms with E-state index in [1.54, 1.807) is 37.4 Å². The van der Waals surface area contributed by atoms with E-state index >= 15 is 0 Å². The van der Waals surface area contributed by atoms with Crippen LogP contribution in [0.25, 0.3) is 20.8 Å². The number of carbonyl (C=O) groups excluding carboxylic acids is 1. The van der Waals surface area contributed by atoms with Crippen LogP contribution in [0.1, 0.15) is 36.1 Å². The first-order valence-electron chi connectivity index (χ1n) is 12.4. The van der Waals surface area contributed by atoms with Crippen LogP contribution in [0.4, 0.5) is 4.39 Å². The number of thiophene rings is 1. The van der Waals surface area contributed by atoms with Crippen molar-refractivity contribution in [3.8, 4) is 22.1 Å². The number of hydrogen-bond acceptors (Lipinski definition) is 8. The van der Waals surface area contributed by atoms with Crippen LogP contribution in [-0.4, -0.2) is 27.5 Å². The van der Waals surface area contributed by atoms with Crippen LogP contribution in [0, 0.1) is 12.7 Å². The summed E-state index contributed by atoms with van der Waals surface area (Å²) in [7, 11) is 0. The minimum Gasteiger partial charge on any atom is -0.453 e. The Labute approximate surface area is 223 Å². The number of Topliss-reactive ketones (excluding diaryl/α,β-unsaturated/α-hetero) is 1. The fourth-order valence-corrected chi connectivity index (χ4v) is 5.11. The number of halogens is 1. The lowest BCUT2D eigenvalue weighted by atomic mass is 10.1. The Morgan fingerprint density at radius 2 is 1.97 bits per heavy atom. The molecule has 0 saturated carbocycles. The predicted octanol–water partition coefficient (Wildman–Crippen LogP) is 6.44. The summed E-state index contributed by atoms with van der Waals surface area (Å²) in [6, 6.07) is 16.0. The zero-order chi connectivity index (χ0) is 26.5. The van der Waals surface area contributed by atoms with Gasteiger partial charge < -0.3 is 14.6 Å². The monoisotopic (exact) mass is 530 g/mol. The average Bonchev–Trinajstić information content (AvgIpc) is 3.52. The van der Waals surface area contributed by atoms with Gasteiger partial charge in [-0.25, -0.2) is 4.39 Å². The number of ether oxygens (including phenoxy) is 1. The number of carbonyl (C=O) groups is 1. The van der Waals surface area contributed by atoms with Gasteiger partial charge in [0.25, 0.3) is 0 Å². The third kappa shape index (κ3) is 6.12. The topological polar surface area (TPSA) is 90.1 Å². The number of nitrogens with one attached hydrogen (secondary N) is 1. The molecule has 5 rings (SSSR count). The SMILES string of the molecule is CCCNCc1cccc(-c2cc3nccc(Oc4ccc(CC(=O)Cc5cc(C)on5)cc4F)c3s2)n1. The molecule has 0 radical (unpaired) electrons. The zero-order valence-electron chi connectivity index (χ0n) is 21.2. The van der Waals surface area contributed by atoms with Crippen LogP contribution in [0.3, 0.4) is 0 Å². The molecule has 0 bridgehead atoms. The van der Waals surface area contributed by atoms with Crippen LogP contribution in [0.5, 0.6) is 11.5 Å². The van der Waals surface area contributed by atoms with E-state index in [0.717, 1.165) is 39.4 Å². The van der Waals surface area contributed by atoms with Crippen molar-refractivity contribution in [3.63, 3.8) is 0 Å². The number of aryl methyl sites for hydroxylation is 1. The smallest absolute Gasteiger partial charge is 0.166 e. The summed E-state index contributed by atoms with van der Waals surface area (Å²) in [5.74, 6) is 0.623. The number of hydrogen-bond donors (Lipinski definition) is 1. The number of pyridine rings is 2.